The largest absolute Gasteiger partial charge is 0.494 e. The molecule has 4 rings (SSSR count). The molecule has 224 valence electrons. The van der Waals surface area contributed by atoms with Gasteiger partial charge in [0.15, 0.2) is 0 Å². The maximum atomic E-state index is 14.3. The summed E-state index contributed by atoms with van der Waals surface area (Å²) in [4.78, 5) is 29.2. The number of hydrogen-bond donors (Lipinski definition) is 1. The number of carbonyl (C=O) groups excluding carboxylic acids is 2. The molecule has 0 aliphatic carbocycles. The minimum Gasteiger partial charge on any atom is -0.494 e. The van der Waals surface area contributed by atoms with Crippen LogP contribution in [-0.2, 0) is 32.6 Å². The van der Waals surface area contributed by atoms with Crippen molar-refractivity contribution in [3.05, 3.63) is 126 Å². The SMILES string of the molecule is CCOc1ccc(N(CC(=O)N(Cc2cccc(C)c2)[C@H](Cc2ccccc2)C(=O)NC)S(=O)(=O)c2ccccc2)cc1. The van der Waals surface area contributed by atoms with E-state index < -0.39 is 28.5 Å². The summed E-state index contributed by atoms with van der Waals surface area (Å²) >= 11 is 0. The first-order valence-corrected chi connectivity index (χ1v) is 15.6. The molecule has 0 spiro atoms. The van der Waals surface area contributed by atoms with Crippen LogP contribution < -0.4 is 14.4 Å². The van der Waals surface area contributed by atoms with Crippen LogP contribution in [0.1, 0.15) is 23.6 Å². The van der Waals surface area contributed by atoms with E-state index in [0.29, 0.717) is 18.0 Å². The number of sulfonamides is 1. The van der Waals surface area contributed by atoms with Crippen molar-refractivity contribution < 1.29 is 22.7 Å². The Labute approximate surface area is 254 Å². The molecule has 4 aromatic carbocycles. The van der Waals surface area contributed by atoms with Crippen LogP contribution in [0.3, 0.4) is 0 Å². The summed E-state index contributed by atoms with van der Waals surface area (Å²) in [5, 5.41) is 2.70. The van der Waals surface area contributed by atoms with Gasteiger partial charge in [-0.3, -0.25) is 13.9 Å². The first-order valence-electron chi connectivity index (χ1n) is 14.1. The minimum atomic E-state index is -4.15. The van der Waals surface area contributed by atoms with E-state index in [1.165, 1.54) is 24.1 Å². The average Bonchev–Trinajstić information content (AvgIpc) is 3.02. The number of hydrogen-bond acceptors (Lipinski definition) is 5. The van der Waals surface area contributed by atoms with Gasteiger partial charge in [0.25, 0.3) is 10.0 Å². The van der Waals surface area contributed by atoms with Crippen molar-refractivity contribution in [3.8, 4) is 5.75 Å². The predicted molar refractivity (Wildman–Crippen MR) is 168 cm³/mol. The van der Waals surface area contributed by atoms with Crippen LogP contribution in [0, 0.1) is 6.92 Å². The van der Waals surface area contributed by atoms with E-state index in [1.54, 1.807) is 42.5 Å². The molecule has 0 aromatic heterocycles. The topological polar surface area (TPSA) is 96.0 Å². The summed E-state index contributed by atoms with van der Waals surface area (Å²) < 4.78 is 34.6. The van der Waals surface area contributed by atoms with Gasteiger partial charge in [-0.2, -0.15) is 0 Å². The van der Waals surface area contributed by atoms with Gasteiger partial charge in [-0.15, -0.1) is 0 Å². The zero-order valence-electron chi connectivity index (χ0n) is 24.6. The smallest absolute Gasteiger partial charge is 0.264 e. The number of amides is 2. The molecular weight excluding hydrogens is 562 g/mol. The Kier molecular flexibility index (Phi) is 10.6. The van der Waals surface area contributed by atoms with Gasteiger partial charge < -0.3 is 15.0 Å². The third kappa shape index (κ3) is 8.02. The van der Waals surface area contributed by atoms with Gasteiger partial charge in [-0.05, 0) is 61.4 Å². The Balaban J connectivity index is 1.77. The van der Waals surface area contributed by atoms with Gasteiger partial charge >= 0.3 is 0 Å². The fourth-order valence-electron chi connectivity index (χ4n) is 4.85. The molecule has 0 unspecified atom stereocenters. The highest BCUT2D eigenvalue weighted by molar-refractivity contribution is 7.92. The molecule has 43 heavy (non-hydrogen) atoms. The summed E-state index contributed by atoms with van der Waals surface area (Å²) in [7, 11) is -2.62. The van der Waals surface area contributed by atoms with Crippen molar-refractivity contribution in [2.24, 2.45) is 0 Å². The van der Waals surface area contributed by atoms with E-state index >= 15 is 0 Å². The second-order valence-electron chi connectivity index (χ2n) is 10.1. The summed E-state index contributed by atoms with van der Waals surface area (Å²) in [5.41, 5.74) is 3.01. The van der Waals surface area contributed by atoms with E-state index in [4.69, 9.17) is 4.74 Å². The van der Waals surface area contributed by atoms with Crippen molar-refractivity contribution in [2.75, 3.05) is 24.5 Å². The van der Waals surface area contributed by atoms with E-state index in [-0.39, 0.29) is 23.8 Å². The molecule has 0 saturated carbocycles. The highest BCUT2D eigenvalue weighted by Crippen LogP contribution is 2.27. The zero-order valence-corrected chi connectivity index (χ0v) is 25.5. The predicted octanol–water partition coefficient (Wildman–Crippen LogP) is 4.98. The Morgan fingerprint density at radius 3 is 2.07 bits per heavy atom. The molecular formula is C34H37N3O5S. The van der Waals surface area contributed by atoms with Crippen LogP contribution in [0.15, 0.2) is 114 Å². The molecule has 0 aliphatic rings. The fraction of sp³-hybridized carbons (Fsp3) is 0.235. The van der Waals surface area contributed by atoms with Crippen molar-refractivity contribution >= 4 is 27.5 Å². The summed E-state index contributed by atoms with van der Waals surface area (Å²) in [6, 6.07) is 30.8. The van der Waals surface area contributed by atoms with Crippen LogP contribution >= 0.6 is 0 Å². The molecule has 4 aromatic rings. The lowest BCUT2D eigenvalue weighted by Gasteiger charge is -2.33. The molecule has 8 nitrogen and oxygen atoms in total. The van der Waals surface area contributed by atoms with E-state index in [2.05, 4.69) is 5.32 Å². The van der Waals surface area contributed by atoms with Crippen molar-refractivity contribution in [1.29, 1.82) is 0 Å². The highest BCUT2D eigenvalue weighted by atomic mass is 32.2. The fourth-order valence-corrected chi connectivity index (χ4v) is 6.29. The number of anilines is 1. The molecule has 1 atom stereocenters. The van der Waals surface area contributed by atoms with Crippen LogP contribution in [0.5, 0.6) is 5.75 Å². The minimum absolute atomic E-state index is 0.0501. The molecule has 0 fully saturated rings. The van der Waals surface area contributed by atoms with Gasteiger partial charge in [0, 0.05) is 20.0 Å². The second-order valence-corrected chi connectivity index (χ2v) is 11.9. The van der Waals surface area contributed by atoms with Crippen LogP contribution in [-0.4, -0.2) is 51.4 Å². The Hall–Kier alpha value is -4.63. The number of nitrogens with zero attached hydrogens (tertiary/aromatic N) is 2. The van der Waals surface area contributed by atoms with Gasteiger partial charge in [0.2, 0.25) is 11.8 Å². The normalized spacial score (nSPS) is 11.8. The first kappa shape index (κ1) is 31.3. The molecule has 2 amide bonds. The molecule has 0 heterocycles. The number of aryl methyl sites for hydroxylation is 1. The standard InChI is InChI=1S/C34H37N3O5S/c1-4-42-30-20-18-29(19-21-30)37(43(40,41)31-16-9-6-10-17-31)25-33(38)36(24-28-15-11-12-26(2)22-28)32(34(39)35-3)23-27-13-7-5-8-14-27/h5-22,32H,4,23-25H2,1-3H3,(H,35,39)/t32-/m1/s1. The number of nitrogens with one attached hydrogen (secondary N) is 1. The van der Waals surface area contributed by atoms with Crippen LogP contribution in [0.4, 0.5) is 5.69 Å². The number of benzene rings is 4. The van der Waals surface area contributed by atoms with Gasteiger partial charge in [-0.25, -0.2) is 8.42 Å². The second kappa shape index (κ2) is 14.5. The highest BCUT2D eigenvalue weighted by Gasteiger charge is 2.34. The van der Waals surface area contributed by atoms with Crippen molar-refractivity contribution in [1.82, 2.24) is 10.2 Å². The van der Waals surface area contributed by atoms with E-state index in [0.717, 1.165) is 21.0 Å². The molecule has 9 heteroatoms. The first-order chi connectivity index (χ1) is 20.7. The maximum absolute atomic E-state index is 14.3. The van der Waals surface area contributed by atoms with Gasteiger partial charge in [-0.1, -0.05) is 78.4 Å². The molecule has 0 radical (unpaired) electrons. The van der Waals surface area contributed by atoms with Crippen LogP contribution in [0.25, 0.3) is 0 Å². The Morgan fingerprint density at radius 2 is 1.47 bits per heavy atom. The average molecular weight is 600 g/mol. The van der Waals surface area contributed by atoms with E-state index in [1.807, 2.05) is 68.4 Å². The zero-order chi connectivity index (χ0) is 30.8. The quantitative estimate of drug-likeness (QED) is 0.234. The lowest BCUT2D eigenvalue weighted by Crippen LogP contribution is -2.53. The number of ether oxygens (including phenoxy) is 1. The number of likely N-dealkylation sites (N-methyl/N-ethyl adjacent to an activating group) is 1. The van der Waals surface area contributed by atoms with Gasteiger partial charge in [0.05, 0.1) is 17.2 Å². The maximum Gasteiger partial charge on any atom is 0.264 e. The Bertz CT molecular complexity index is 1610. The lowest BCUT2D eigenvalue weighted by molar-refractivity contribution is -0.139. The summed E-state index contributed by atoms with van der Waals surface area (Å²) in [6.07, 6.45) is 0.257. The van der Waals surface area contributed by atoms with E-state index in [9.17, 15) is 18.0 Å². The Morgan fingerprint density at radius 1 is 0.837 bits per heavy atom. The summed E-state index contributed by atoms with van der Waals surface area (Å²) in [6.45, 7) is 3.88. The van der Waals surface area contributed by atoms with Crippen molar-refractivity contribution in [3.63, 3.8) is 0 Å². The van der Waals surface area contributed by atoms with Crippen LogP contribution in [0.2, 0.25) is 0 Å². The molecule has 0 aliphatic heterocycles. The third-order valence-electron chi connectivity index (χ3n) is 7.00. The molecule has 1 N–H and O–H groups in total. The molecule has 0 bridgehead atoms. The number of rotatable bonds is 13. The molecule has 0 saturated heterocycles. The number of carbonyl (C=O) groups is 2. The lowest BCUT2D eigenvalue weighted by atomic mass is 10.0. The summed E-state index contributed by atoms with van der Waals surface area (Å²) in [5.74, 6) is -0.277. The monoisotopic (exact) mass is 599 g/mol. The third-order valence-corrected chi connectivity index (χ3v) is 8.79. The van der Waals surface area contributed by atoms with Gasteiger partial charge in [0.1, 0.15) is 18.3 Å². The van der Waals surface area contributed by atoms with Crippen molar-refractivity contribution in [2.45, 2.75) is 37.8 Å².